The molecule has 0 saturated carbocycles. The Morgan fingerprint density at radius 2 is 1.28 bits per heavy atom. The number of amides is 2. The van der Waals surface area contributed by atoms with E-state index in [1.807, 2.05) is 60.7 Å². The smallest absolute Gasteiger partial charge is 0.246 e. The number of carbonyl (C=O) groups is 2. The summed E-state index contributed by atoms with van der Waals surface area (Å²) in [7, 11) is 1.58. The number of methoxy groups -OCH3 is 1. The van der Waals surface area contributed by atoms with E-state index in [0.717, 1.165) is 11.1 Å². The first-order chi connectivity index (χ1) is 14.1. The van der Waals surface area contributed by atoms with E-state index in [1.165, 1.54) is 0 Å². The van der Waals surface area contributed by atoms with Crippen LogP contribution in [0.5, 0.6) is 5.75 Å². The molecule has 0 aliphatic heterocycles. The maximum Gasteiger partial charge on any atom is 0.246 e. The molecule has 3 aromatic rings. The highest BCUT2D eigenvalue weighted by Crippen LogP contribution is 2.25. The van der Waals surface area contributed by atoms with Crippen molar-refractivity contribution in [1.82, 2.24) is 5.32 Å². The van der Waals surface area contributed by atoms with Crippen LogP contribution in [0, 0.1) is 0 Å². The number of benzene rings is 3. The van der Waals surface area contributed by atoms with Crippen LogP contribution in [0.1, 0.15) is 24.0 Å². The summed E-state index contributed by atoms with van der Waals surface area (Å²) in [6.45, 7) is 1.67. The van der Waals surface area contributed by atoms with Crippen LogP contribution < -0.4 is 15.4 Å². The monoisotopic (exact) mass is 388 g/mol. The maximum atomic E-state index is 13.1. The molecule has 0 unspecified atom stereocenters. The Kier molecular flexibility index (Phi) is 6.63. The Hall–Kier alpha value is -3.60. The molecular weight excluding hydrogens is 364 g/mol. The van der Waals surface area contributed by atoms with Crippen molar-refractivity contribution in [2.24, 2.45) is 0 Å². The van der Waals surface area contributed by atoms with Gasteiger partial charge in [0.25, 0.3) is 0 Å². The minimum absolute atomic E-state index is 0.222. The van der Waals surface area contributed by atoms with Crippen LogP contribution in [-0.4, -0.2) is 25.0 Å². The van der Waals surface area contributed by atoms with Gasteiger partial charge in [0.2, 0.25) is 11.8 Å². The molecular formula is C24H24N2O3. The fourth-order valence-corrected chi connectivity index (χ4v) is 3.07. The van der Waals surface area contributed by atoms with E-state index >= 15 is 0 Å². The van der Waals surface area contributed by atoms with Crippen LogP contribution in [0.25, 0.3) is 0 Å². The molecule has 0 aliphatic carbocycles. The zero-order valence-corrected chi connectivity index (χ0v) is 16.5. The summed E-state index contributed by atoms with van der Waals surface area (Å²) in [5, 5.41) is 5.65. The number of hydrogen-bond acceptors (Lipinski definition) is 3. The van der Waals surface area contributed by atoms with Crippen molar-refractivity contribution >= 4 is 17.5 Å². The number of ether oxygens (including phenoxy) is 1. The summed E-state index contributed by atoms with van der Waals surface area (Å²) in [5.41, 5.74) is 2.39. The van der Waals surface area contributed by atoms with Gasteiger partial charge >= 0.3 is 0 Å². The van der Waals surface area contributed by atoms with Gasteiger partial charge < -0.3 is 15.4 Å². The highest BCUT2D eigenvalue weighted by atomic mass is 16.5. The van der Waals surface area contributed by atoms with Crippen molar-refractivity contribution in [3.63, 3.8) is 0 Å². The van der Waals surface area contributed by atoms with Crippen LogP contribution >= 0.6 is 0 Å². The minimum atomic E-state index is -0.695. The molecule has 2 amide bonds. The van der Waals surface area contributed by atoms with Crippen molar-refractivity contribution in [2.75, 3.05) is 12.4 Å². The first kappa shape index (κ1) is 20.1. The minimum Gasteiger partial charge on any atom is -0.497 e. The zero-order chi connectivity index (χ0) is 20.6. The summed E-state index contributed by atoms with van der Waals surface area (Å²) < 4.78 is 5.11. The lowest BCUT2D eigenvalue weighted by Crippen LogP contribution is -2.43. The molecule has 3 rings (SSSR count). The van der Waals surface area contributed by atoms with Gasteiger partial charge in [0.15, 0.2) is 0 Å². The molecule has 0 bridgehead atoms. The summed E-state index contributed by atoms with van der Waals surface area (Å²) in [5.74, 6) is -0.297. The van der Waals surface area contributed by atoms with Crippen molar-refractivity contribution in [1.29, 1.82) is 0 Å². The van der Waals surface area contributed by atoms with Crippen LogP contribution in [0.4, 0.5) is 5.69 Å². The van der Waals surface area contributed by atoms with E-state index in [-0.39, 0.29) is 11.8 Å². The maximum absolute atomic E-state index is 13.1. The lowest BCUT2D eigenvalue weighted by molar-refractivity contribution is -0.126. The van der Waals surface area contributed by atoms with Gasteiger partial charge in [0, 0.05) is 5.69 Å². The molecule has 3 aromatic carbocycles. The highest BCUT2D eigenvalue weighted by Gasteiger charge is 2.25. The second-order valence-corrected chi connectivity index (χ2v) is 6.70. The van der Waals surface area contributed by atoms with Crippen molar-refractivity contribution in [2.45, 2.75) is 18.9 Å². The summed E-state index contributed by atoms with van der Waals surface area (Å²) in [6, 6.07) is 25.4. The van der Waals surface area contributed by atoms with Gasteiger partial charge in [-0.1, -0.05) is 60.7 Å². The van der Waals surface area contributed by atoms with E-state index in [1.54, 1.807) is 38.3 Å². The van der Waals surface area contributed by atoms with E-state index in [9.17, 15) is 9.59 Å². The summed E-state index contributed by atoms with van der Waals surface area (Å²) in [4.78, 5) is 25.6. The zero-order valence-electron chi connectivity index (χ0n) is 16.5. The lowest BCUT2D eigenvalue weighted by atomic mass is 9.90. The van der Waals surface area contributed by atoms with E-state index in [0.29, 0.717) is 11.4 Å². The molecule has 1 atom stereocenters. The first-order valence-electron chi connectivity index (χ1n) is 9.43. The molecule has 0 spiro atoms. The van der Waals surface area contributed by atoms with Gasteiger partial charge in [-0.3, -0.25) is 9.59 Å². The summed E-state index contributed by atoms with van der Waals surface area (Å²) in [6.07, 6.45) is 0. The Morgan fingerprint density at radius 1 is 0.759 bits per heavy atom. The molecule has 29 heavy (non-hydrogen) atoms. The molecule has 148 valence electrons. The van der Waals surface area contributed by atoms with Crippen LogP contribution in [0.3, 0.4) is 0 Å². The van der Waals surface area contributed by atoms with Crippen LogP contribution in [-0.2, 0) is 9.59 Å². The van der Waals surface area contributed by atoms with Crippen molar-refractivity contribution in [3.05, 3.63) is 96.1 Å². The summed E-state index contributed by atoms with van der Waals surface area (Å²) >= 11 is 0. The molecule has 0 saturated heterocycles. The largest absolute Gasteiger partial charge is 0.497 e. The normalized spacial score (nSPS) is 11.6. The third-order valence-corrected chi connectivity index (χ3v) is 4.64. The van der Waals surface area contributed by atoms with E-state index < -0.39 is 12.0 Å². The molecule has 5 nitrogen and oxygen atoms in total. The lowest BCUT2D eigenvalue weighted by Gasteiger charge is -2.21. The standard InChI is InChI=1S/C24H24N2O3/c1-17(23(27)26-20-13-15-21(29-2)16-14-20)25-24(28)22(18-9-5-3-6-10-18)19-11-7-4-8-12-19/h3-17,22H,1-2H3,(H,25,28)(H,26,27)/t17-/m1/s1. The average molecular weight is 388 g/mol. The molecule has 0 aliphatic rings. The Labute approximate surface area is 170 Å². The van der Waals surface area contributed by atoms with Gasteiger partial charge in [0.05, 0.1) is 13.0 Å². The fraction of sp³-hybridized carbons (Fsp3) is 0.167. The predicted molar refractivity (Wildman–Crippen MR) is 114 cm³/mol. The molecule has 0 heterocycles. The first-order valence-corrected chi connectivity index (χ1v) is 9.43. The van der Waals surface area contributed by atoms with Crippen LogP contribution in [0.15, 0.2) is 84.9 Å². The SMILES string of the molecule is COc1ccc(NC(=O)[C@@H](C)NC(=O)C(c2ccccc2)c2ccccc2)cc1. The molecule has 2 N–H and O–H groups in total. The third kappa shape index (κ3) is 5.23. The third-order valence-electron chi connectivity index (χ3n) is 4.64. The Morgan fingerprint density at radius 3 is 1.76 bits per heavy atom. The Bertz CT molecular complexity index is 901. The number of rotatable bonds is 7. The number of nitrogens with one attached hydrogen (secondary N) is 2. The topological polar surface area (TPSA) is 67.4 Å². The van der Waals surface area contributed by atoms with E-state index in [2.05, 4.69) is 10.6 Å². The van der Waals surface area contributed by atoms with Crippen molar-refractivity contribution in [3.8, 4) is 5.75 Å². The van der Waals surface area contributed by atoms with E-state index in [4.69, 9.17) is 4.74 Å². The van der Waals surface area contributed by atoms with Gasteiger partial charge in [0.1, 0.15) is 11.8 Å². The molecule has 0 aromatic heterocycles. The molecule has 0 radical (unpaired) electrons. The van der Waals surface area contributed by atoms with Gasteiger partial charge in [-0.25, -0.2) is 0 Å². The van der Waals surface area contributed by atoms with Gasteiger partial charge in [-0.2, -0.15) is 0 Å². The molecule has 5 heteroatoms. The molecule has 0 fully saturated rings. The quantitative estimate of drug-likeness (QED) is 0.644. The number of hydrogen-bond donors (Lipinski definition) is 2. The van der Waals surface area contributed by atoms with Gasteiger partial charge in [-0.15, -0.1) is 0 Å². The predicted octanol–water partition coefficient (Wildman–Crippen LogP) is 3.97. The Balaban J connectivity index is 1.72. The number of carbonyl (C=O) groups excluding carboxylic acids is 2. The average Bonchev–Trinajstić information content (AvgIpc) is 2.76. The van der Waals surface area contributed by atoms with Crippen LogP contribution in [0.2, 0.25) is 0 Å². The second-order valence-electron chi connectivity index (χ2n) is 6.70. The highest BCUT2D eigenvalue weighted by molar-refractivity contribution is 5.98. The second kappa shape index (κ2) is 9.55. The van der Waals surface area contributed by atoms with Crippen molar-refractivity contribution < 1.29 is 14.3 Å². The number of anilines is 1. The van der Waals surface area contributed by atoms with Gasteiger partial charge in [-0.05, 0) is 42.3 Å². The fourth-order valence-electron chi connectivity index (χ4n) is 3.07.